The lowest BCUT2D eigenvalue weighted by Crippen LogP contribution is -2.29. The van der Waals surface area contributed by atoms with Crippen LogP contribution in [-0.4, -0.2) is 33.0 Å². The maximum atomic E-state index is 13.2. The summed E-state index contributed by atoms with van der Waals surface area (Å²) in [7, 11) is 0. The first kappa shape index (κ1) is 19.2. The van der Waals surface area contributed by atoms with Gasteiger partial charge in [-0.1, -0.05) is 11.6 Å². The number of aromatic nitrogens is 3. The number of hydrogen-bond acceptors (Lipinski definition) is 4. The van der Waals surface area contributed by atoms with Crippen molar-refractivity contribution in [3.05, 3.63) is 46.3 Å². The van der Waals surface area contributed by atoms with Crippen molar-refractivity contribution >= 4 is 22.7 Å². The third kappa shape index (κ3) is 3.48. The van der Waals surface area contributed by atoms with Crippen LogP contribution in [0.5, 0.6) is 0 Å². The van der Waals surface area contributed by atoms with E-state index in [1.54, 1.807) is 6.20 Å². The largest absolute Gasteiger partial charge is 0.348 e. The summed E-state index contributed by atoms with van der Waals surface area (Å²) in [6.45, 7) is 6.34. The summed E-state index contributed by atoms with van der Waals surface area (Å²) in [4.78, 5) is 30.5. The van der Waals surface area contributed by atoms with Gasteiger partial charge in [0, 0.05) is 30.2 Å². The molecule has 6 nitrogen and oxygen atoms in total. The van der Waals surface area contributed by atoms with Gasteiger partial charge in [-0.3, -0.25) is 9.59 Å². The van der Waals surface area contributed by atoms with Gasteiger partial charge in [-0.2, -0.15) is 5.10 Å². The summed E-state index contributed by atoms with van der Waals surface area (Å²) in [6, 6.07) is 2.22. The lowest BCUT2D eigenvalue weighted by molar-refractivity contribution is -0.115. The zero-order valence-corrected chi connectivity index (χ0v) is 17.9. The third-order valence-corrected chi connectivity index (χ3v) is 6.66. The van der Waals surface area contributed by atoms with E-state index >= 15 is 0 Å². The van der Waals surface area contributed by atoms with E-state index in [-0.39, 0.29) is 18.2 Å². The highest BCUT2D eigenvalue weighted by Gasteiger charge is 2.33. The van der Waals surface area contributed by atoms with Gasteiger partial charge in [0.05, 0.1) is 23.2 Å². The summed E-state index contributed by atoms with van der Waals surface area (Å²) < 4.78 is 2.00. The highest BCUT2D eigenvalue weighted by Crippen LogP contribution is 2.42. The van der Waals surface area contributed by atoms with Gasteiger partial charge in [-0.05, 0) is 64.0 Å². The van der Waals surface area contributed by atoms with E-state index in [0.29, 0.717) is 35.4 Å². The summed E-state index contributed by atoms with van der Waals surface area (Å²) in [5, 5.41) is 8.38. The smallest absolute Gasteiger partial charge is 0.252 e. The Labute approximate surface area is 176 Å². The summed E-state index contributed by atoms with van der Waals surface area (Å²) in [5.74, 6) is 1.03. The Balaban J connectivity index is 1.46. The number of amides is 1. The van der Waals surface area contributed by atoms with Crippen LogP contribution in [-0.2, 0) is 4.79 Å². The molecule has 0 radical (unpaired) electrons. The fourth-order valence-electron chi connectivity index (χ4n) is 4.48. The standard InChI is InChI=1S/C24H28N4O2/c1-13-8-14(2)19(22(29)9-13)11-25-24(30)18-10-21(17-6-7-17)27-23-20(18)12-26-28(23)15(3)16-4-5-16/h8,10,12,15-17H,4-7,9,11H2,1-3H3,(H,25,30). The van der Waals surface area contributed by atoms with Crippen molar-refractivity contribution in [3.8, 4) is 0 Å². The molecule has 0 saturated heterocycles. The molecule has 2 aromatic rings. The molecule has 156 valence electrons. The highest BCUT2D eigenvalue weighted by atomic mass is 16.2. The molecular formula is C24H28N4O2. The van der Waals surface area contributed by atoms with Gasteiger partial charge in [0.15, 0.2) is 11.4 Å². The van der Waals surface area contributed by atoms with E-state index in [1.807, 2.05) is 30.7 Å². The first-order valence-electron chi connectivity index (χ1n) is 11.0. The molecule has 2 aromatic heterocycles. The molecule has 1 amide bonds. The van der Waals surface area contributed by atoms with Crippen LogP contribution in [0.25, 0.3) is 11.0 Å². The van der Waals surface area contributed by atoms with Crippen LogP contribution in [0.2, 0.25) is 0 Å². The molecule has 1 atom stereocenters. The molecule has 0 spiro atoms. The molecule has 3 aliphatic carbocycles. The molecule has 2 fully saturated rings. The lowest BCUT2D eigenvalue weighted by Gasteiger charge is -2.16. The Bertz CT molecular complexity index is 1120. The van der Waals surface area contributed by atoms with Gasteiger partial charge < -0.3 is 5.32 Å². The zero-order valence-electron chi connectivity index (χ0n) is 17.9. The van der Waals surface area contributed by atoms with Crippen molar-refractivity contribution in [1.29, 1.82) is 0 Å². The quantitative estimate of drug-likeness (QED) is 0.781. The van der Waals surface area contributed by atoms with Crippen molar-refractivity contribution in [2.45, 2.75) is 64.8 Å². The van der Waals surface area contributed by atoms with Crippen LogP contribution in [0, 0.1) is 5.92 Å². The first-order valence-corrected chi connectivity index (χ1v) is 11.0. The Kier molecular flexibility index (Phi) is 4.60. The number of allylic oxidation sites excluding steroid dienone is 3. The van der Waals surface area contributed by atoms with E-state index in [2.05, 4.69) is 17.3 Å². The van der Waals surface area contributed by atoms with Crippen LogP contribution in [0.4, 0.5) is 0 Å². The minimum atomic E-state index is -0.165. The normalized spacial score (nSPS) is 20.5. The highest BCUT2D eigenvalue weighted by molar-refractivity contribution is 6.06. The van der Waals surface area contributed by atoms with E-state index in [9.17, 15) is 9.59 Å². The minimum absolute atomic E-state index is 0.0948. The van der Waals surface area contributed by atoms with Crippen molar-refractivity contribution in [3.63, 3.8) is 0 Å². The summed E-state index contributed by atoms with van der Waals surface area (Å²) in [5.41, 5.74) is 5.11. The number of hydrogen-bond donors (Lipinski definition) is 1. The van der Waals surface area contributed by atoms with Crippen LogP contribution < -0.4 is 5.32 Å². The molecule has 1 unspecified atom stereocenters. The fourth-order valence-corrected chi connectivity index (χ4v) is 4.48. The minimum Gasteiger partial charge on any atom is -0.348 e. The Morgan fingerprint density at radius 3 is 2.70 bits per heavy atom. The molecular weight excluding hydrogens is 376 g/mol. The number of ketones is 1. The molecule has 0 bridgehead atoms. The monoisotopic (exact) mass is 404 g/mol. The number of rotatable bonds is 6. The number of fused-ring (bicyclic) bond motifs is 1. The van der Waals surface area contributed by atoms with Gasteiger partial charge in [0.2, 0.25) is 0 Å². The van der Waals surface area contributed by atoms with Crippen molar-refractivity contribution < 1.29 is 9.59 Å². The summed E-state index contributed by atoms with van der Waals surface area (Å²) in [6.07, 6.45) is 8.94. The van der Waals surface area contributed by atoms with E-state index < -0.39 is 0 Å². The van der Waals surface area contributed by atoms with Gasteiger partial charge in [0.1, 0.15) is 0 Å². The van der Waals surface area contributed by atoms with Crippen LogP contribution in [0.1, 0.15) is 80.9 Å². The maximum Gasteiger partial charge on any atom is 0.252 e. The molecule has 2 heterocycles. The molecule has 5 rings (SSSR count). The van der Waals surface area contributed by atoms with Gasteiger partial charge in [0.25, 0.3) is 5.91 Å². The van der Waals surface area contributed by atoms with Gasteiger partial charge in [-0.25, -0.2) is 9.67 Å². The summed E-state index contributed by atoms with van der Waals surface area (Å²) >= 11 is 0. The number of nitrogens with one attached hydrogen (secondary N) is 1. The number of carbonyl (C=O) groups is 2. The molecule has 0 aromatic carbocycles. The van der Waals surface area contributed by atoms with Crippen LogP contribution in [0.3, 0.4) is 0 Å². The Hall–Kier alpha value is -2.76. The van der Waals surface area contributed by atoms with Crippen LogP contribution >= 0.6 is 0 Å². The molecule has 30 heavy (non-hydrogen) atoms. The topological polar surface area (TPSA) is 76.9 Å². The van der Waals surface area contributed by atoms with E-state index in [1.165, 1.54) is 12.8 Å². The Morgan fingerprint density at radius 1 is 1.27 bits per heavy atom. The maximum absolute atomic E-state index is 13.2. The van der Waals surface area contributed by atoms with Gasteiger partial charge in [-0.15, -0.1) is 0 Å². The molecule has 3 aliphatic rings. The predicted octanol–water partition coefficient (Wildman–Crippen LogP) is 4.25. The number of nitrogens with zero attached hydrogens (tertiary/aromatic N) is 3. The number of carbonyl (C=O) groups excluding carboxylic acids is 2. The van der Waals surface area contributed by atoms with Gasteiger partial charge >= 0.3 is 0 Å². The second-order valence-corrected chi connectivity index (χ2v) is 9.21. The third-order valence-electron chi connectivity index (χ3n) is 6.66. The zero-order chi connectivity index (χ0) is 21.0. The SMILES string of the molecule is CC1=CC(C)=C(CNC(=O)c2cc(C3CC3)nc3c2cnn3C(C)C2CC2)C(=O)C1. The first-order chi connectivity index (χ1) is 14.4. The van der Waals surface area contributed by atoms with Crippen molar-refractivity contribution in [1.82, 2.24) is 20.1 Å². The average molecular weight is 405 g/mol. The Morgan fingerprint density at radius 2 is 2.03 bits per heavy atom. The average Bonchev–Trinajstić information content (AvgIpc) is 3.61. The number of pyridine rings is 1. The molecule has 6 heteroatoms. The van der Waals surface area contributed by atoms with Crippen molar-refractivity contribution in [2.75, 3.05) is 6.54 Å². The van der Waals surface area contributed by atoms with E-state index in [0.717, 1.165) is 40.7 Å². The second kappa shape index (κ2) is 7.18. The second-order valence-electron chi connectivity index (χ2n) is 9.21. The fraction of sp³-hybridized carbons (Fsp3) is 0.500. The lowest BCUT2D eigenvalue weighted by atomic mass is 9.92. The molecule has 2 saturated carbocycles. The van der Waals surface area contributed by atoms with Crippen LogP contribution in [0.15, 0.2) is 35.1 Å². The predicted molar refractivity (Wildman–Crippen MR) is 115 cm³/mol. The van der Waals surface area contributed by atoms with Crippen molar-refractivity contribution in [2.24, 2.45) is 5.92 Å². The molecule has 0 aliphatic heterocycles. The van der Waals surface area contributed by atoms with E-state index in [4.69, 9.17) is 4.98 Å². The number of Topliss-reactive ketones (excluding diaryl/α,β-unsaturated/α-hetero) is 1. The molecule has 1 N–H and O–H groups in total.